The minimum atomic E-state index is -0.808. The molecule has 1 fully saturated rings. The zero-order valence-corrected chi connectivity index (χ0v) is 13.8. The lowest BCUT2D eigenvalue weighted by atomic mass is 9.62. The number of rotatable bonds is 2. The van der Waals surface area contributed by atoms with Crippen LogP contribution in [-0.2, 0) is 0 Å². The number of nitrogens with zero attached hydrogens (tertiary/aromatic N) is 1. The Balaban J connectivity index is 2.21. The normalized spacial score (nSPS) is 27.9. The number of aliphatic hydroxyl groups excluding tert-OH is 1. The number of aliphatic hydroxyl groups is 1. The molecule has 0 aliphatic heterocycles. The molecule has 0 radical (unpaired) electrons. The summed E-state index contributed by atoms with van der Waals surface area (Å²) in [6, 6.07) is 9.70. The highest BCUT2D eigenvalue weighted by Gasteiger charge is 2.44. The van der Waals surface area contributed by atoms with Crippen LogP contribution in [0.4, 0.5) is 0 Å². The first-order chi connectivity index (χ1) is 9.80. The molecule has 1 N–H and O–H groups in total. The van der Waals surface area contributed by atoms with Crippen LogP contribution in [0.3, 0.4) is 0 Å². The molecular formula is C18H24ClNO. The number of benzene rings is 1. The van der Waals surface area contributed by atoms with Crippen LogP contribution >= 0.6 is 11.6 Å². The molecule has 0 bridgehead atoms. The molecule has 1 aromatic carbocycles. The molecule has 0 aromatic heterocycles. The zero-order valence-electron chi connectivity index (χ0n) is 13.1. The Morgan fingerprint density at radius 2 is 1.86 bits per heavy atom. The molecule has 0 saturated heterocycles. The number of hydrogen-bond acceptors (Lipinski definition) is 2. The average molecular weight is 306 g/mol. The van der Waals surface area contributed by atoms with Crippen LogP contribution in [0.2, 0.25) is 5.02 Å². The van der Waals surface area contributed by atoms with Crippen molar-refractivity contribution in [2.24, 2.45) is 16.7 Å². The van der Waals surface area contributed by atoms with Crippen LogP contribution in [0.1, 0.15) is 58.1 Å². The number of hydrogen-bond donors (Lipinski definition) is 1. The van der Waals surface area contributed by atoms with E-state index in [0.29, 0.717) is 16.5 Å². The lowest BCUT2D eigenvalue weighted by Crippen LogP contribution is -2.36. The Labute approximate surface area is 132 Å². The Morgan fingerprint density at radius 1 is 1.29 bits per heavy atom. The van der Waals surface area contributed by atoms with E-state index >= 15 is 0 Å². The monoisotopic (exact) mass is 305 g/mol. The third kappa shape index (κ3) is 3.25. The largest absolute Gasteiger partial charge is 0.387 e. The fraction of sp³-hybridized carbons (Fsp3) is 0.611. The minimum absolute atomic E-state index is 0.261. The smallest absolute Gasteiger partial charge is 0.0990 e. The van der Waals surface area contributed by atoms with E-state index in [2.05, 4.69) is 26.8 Å². The number of nitriles is 1. The van der Waals surface area contributed by atoms with Gasteiger partial charge in [-0.05, 0) is 43.1 Å². The fourth-order valence-electron chi connectivity index (χ4n) is 3.44. The van der Waals surface area contributed by atoms with Gasteiger partial charge in [-0.3, -0.25) is 0 Å². The maximum absolute atomic E-state index is 10.8. The second kappa shape index (κ2) is 5.99. The van der Waals surface area contributed by atoms with Gasteiger partial charge in [-0.15, -0.1) is 0 Å². The SMILES string of the molecule is CC(C)(C)C1CCC(C#N)(C(O)c2ccccc2Cl)CC1. The molecule has 1 saturated carbocycles. The maximum Gasteiger partial charge on any atom is 0.0990 e. The predicted octanol–water partition coefficient (Wildman–Crippen LogP) is 5.12. The molecule has 3 heteroatoms. The van der Waals surface area contributed by atoms with E-state index in [4.69, 9.17) is 11.6 Å². The van der Waals surface area contributed by atoms with Crippen LogP contribution in [0.15, 0.2) is 24.3 Å². The Morgan fingerprint density at radius 3 is 2.33 bits per heavy atom. The van der Waals surface area contributed by atoms with Crippen molar-refractivity contribution >= 4 is 11.6 Å². The van der Waals surface area contributed by atoms with Gasteiger partial charge >= 0.3 is 0 Å². The molecule has 1 unspecified atom stereocenters. The topological polar surface area (TPSA) is 44.0 Å². The summed E-state index contributed by atoms with van der Waals surface area (Å²) in [5.41, 5.74) is 0.235. The summed E-state index contributed by atoms with van der Waals surface area (Å²) in [5, 5.41) is 21.0. The van der Waals surface area contributed by atoms with E-state index in [1.165, 1.54) is 0 Å². The van der Waals surface area contributed by atoms with Gasteiger partial charge in [0.2, 0.25) is 0 Å². The summed E-state index contributed by atoms with van der Waals surface area (Å²) in [6.07, 6.45) is 2.63. The summed E-state index contributed by atoms with van der Waals surface area (Å²) >= 11 is 6.19. The van der Waals surface area contributed by atoms with Crippen molar-refractivity contribution in [2.45, 2.75) is 52.6 Å². The van der Waals surface area contributed by atoms with Crippen molar-refractivity contribution in [2.75, 3.05) is 0 Å². The van der Waals surface area contributed by atoms with Crippen molar-refractivity contribution in [3.63, 3.8) is 0 Å². The third-order valence-corrected chi connectivity index (χ3v) is 5.39. The summed E-state index contributed by atoms with van der Waals surface area (Å²) in [5.74, 6) is 0.609. The first-order valence-corrected chi connectivity index (χ1v) is 8.02. The van der Waals surface area contributed by atoms with Crippen molar-refractivity contribution in [3.05, 3.63) is 34.9 Å². The third-order valence-electron chi connectivity index (χ3n) is 5.05. The molecule has 0 heterocycles. The van der Waals surface area contributed by atoms with Crippen molar-refractivity contribution in [3.8, 4) is 6.07 Å². The van der Waals surface area contributed by atoms with E-state index in [1.807, 2.05) is 18.2 Å². The van der Waals surface area contributed by atoms with Crippen LogP contribution in [0, 0.1) is 28.1 Å². The van der Waals surface area contributed by atoms with Crippen LogP contribution < -0.4 is 0 Å². The van der Waals surface area contributed by atoms with Gasteiger partial charge in [0.15, 0.2) is 0 Å². The van der Waals surface area contributed by atoms with Gasteiger partial charge in [0, 0.05) is 10.6 Å². The summed E-state index contributed by atoms with van der Waals surface area (Å²) < 4.78 is 0. The first-order valence-electron chi connectivity index (χ1n) is 7.64. The molecule has 1 aliphatic rings. The summed E-state index contributed by atoms with van der Waals surface area (Å²) in [7, 11) is 0. The molecular weight excluding hydrogens is 282 g/mol. The van der Waals surface area contributed by atoms with Gasteiger partial charge in [0.05, 0.1) is 17.6 Å². The average Bonchev–Trinajstić information content (AvgIpc) is 2.46. The second-order valence-corrected chi connectivity index (χ2v) is 7.74. The highest BCUT2D eigenvalue weighted by atomic mass is 35.5. The predicted molar refractivity (Wildman–Crippen MR) is 85.9 cm³/mol. The lowest BCUT2D eigenvalue weighted by molar-refractivity contribution is 0.00847. The highest BCUT2D eigenvalue weighted by Crippen LogP contribution is 2.51. The van der Waals surface area contributed by atoms with Crippen LogP contribution in [-0.4, -0.2) is 5.11 Å². The maximum atomic E-state index is 10.8. The minimum Gasteiger partial charge on any atom is -0.387 e. The molecule has 114 valence electrons. The Bertz CT molecular complexity index is 533. The van der Waals surface area contributed by atoms with Gasteiger partial charge in [-0.2, -0.15) is 5.26 Å². The molecule has 1 aliphatic carbocycles. The summed E-state index contributed by atoms with van der Waals surface area (Å²) in [6.45, 7) is 6.75. The molecule has 0 amide bonds. The number of halogens is 1. The van der Waals surface area contributed by atoms with Crippen molar-refractivity contribution in [1.82, 2.24) is 0 Å². The highest BCUT2D eigenvalue weighted by molar-refractivity contribution is 6.31. The van der Waals surface area contributed by atoms with Gasteiger partial charge in [0.25, 0.3) is 0 Å². The van der Waals surface area contributed by atoms with Gasteiger partial charge in [-0.1, -0.05) is 50.6 Å². The van der Waals surface area contributed by atoms with E-state index in [0.717, 1.165) is 25.7 Å². The van der Waals surface area contributed by atoms with Crippen LogP contribution in [0.5, 0.6) is 0 Å². The van der Waals surface area contributed by atoms with Crippen molar-refractivity contribution in [1.29, 1.82) is 5.26 Å². The van der Waals surface area contributed by atoms with Gasteiger partial charge in [0.1, 0.15) is 0 Å². The first kappa shape index (κ1) is 16.3. The van der Waals surface area contributed by atoms with Crippen LogP contribution in [0.25, 0.3) is 0 Å². The molecule has 1 aromatic rings. The molecule has 2 rings (SSSR count). The summed E-state index contributed by atoms with van der Waals surface area (Å²) in [4.78, 5) is 0. The molecule has 21 heavy (non-hydrogen) atoms. The standard InChI is InChI=1S/C18H24ClNO/c1-17(2,3)13-8-10-18(12-20,11-9-13)16(21)14-6-4-5-7-15(14)19/h4-7,13,16,21H,8-11H2,1-3H3. The van der Waals surface area contributed by atoms with E-state index in [9.17, 15) is 10.4 Å². The Hall–Kier alpha value is -1.04. The van der Waals surface area contributed by atoms with E-state index in [1.54, 1.807) is 6.07 Å². The molecule has 1 atom stereocenters. The Kier molecular flexibility index (Phi) is 4.66. The fourth-order valence-corrected chi connectivity index (χ4v) is 3.68. The van der Waals surface area contributed by atoms with Gasteiger partial charge < -0.3 is 5.11 Å². The molecule has 2 nitrogen and oxygen atoms in total. The quantitative estimate of drug-likeness (QED) is 0.824. The van der Waals surface area contributed by atoms with Gasteiger partial charge in [-0.25, -0.2) is 0 Å². The zero-order chi connectivity index (χ0) is 15.7. The van der Waals surface area contributed by atoms with E-state index < -0.39 is 11.5 Å². The second-order valence-electron chi connectivity index (χ2n) is 7.33. The van der Waals surface area contributed by atoms with Crippen molar-refractivity contribution < 1.29 is 5.11 Å². The van der Waals surface area contributed by atoms with E-state index in [-0.39, 0.29) is 5.41 Å². The molecule has 0 spiro atoms. The lowest BCUT2D eigenvalue weighted by Gasteiger charge is -2.42.